The van der Waals surface area contributed by atoms with Crippen LogP contribution in [0.5, 0.6) is 5.75 Å². The van der Waals surface area contributed by atoms with Crippen molar-refractivity contribution in [2.24, 2.45) is 4.40 Å². The Labute approximate surface area is 425 Å². The monoisotopic (exact) mass is 1110 g/mol. The summed E-state index contributed by atoms with van der Waals surface area (Å²) in [5.74, 6) is -0.984. The Hall–Kier alpha value is -5.93. The number of sulfonamides is 1. The minimum atomic E-state index is -4.34. The Morgan fingerprint density at radius 1 is 0.871 bits per heavy atom. The lowest BCUT2D eigenvalue weighted by molar-refractivity contribution is -0.137. The number of phenolic OH excluding ortho intramolecular Hbond substituents is 1. The number of rotatable bonds is 15. The van der Waals surface area contributed by atoms with E-state index < -0.39 is 39.7 Å². The van der Waals surface area contributed by atoms with Gasteiger partial charge in [0.05, 0.1) is 13.8 Å². The third-order valence-electron chi connectivity index (χ3n) is 12.3. The first-order chi connectivity index (χ1) is 33.4. The molecule has 3 aliphatic rings. The van der Waals surface area contributed by atoms with E-state index in [9.17, 15) is 27.9 Å². The van der Waals surface area contributed by atoms with Crippen molar-refractivity contribution >= 4 is 83.2 Å². The number of aromatic hydroxyl groups is 1. The number of pyridine rings is 1. The first kappa shape index (κ1) is 51.9. The molecule has 0 unspecified atom stereocenters. The molecule has 4 heterocycles. The van der Waals surface area contributed by atoms with Gasteiger partial charge in [-0.3, -0.25) is 14.6 Å². The van der Waals surface area contributed by atoms with Gasteiger partial charge in [-0.2, -0.15) is 8.42 Å². The summed E-state index contributed by atoms with van der Waals surface area (Å²) in [7, 11) is -4.34. The molecule has 0 spiro atoms. The lowest BCUT2D eigenvalue weighted by atomic mass is 10.0. The average molecular weight is 1110 g/mol. The predicted octanol–water partition coefficient (Wildman–Crippen LogP) is 6.60. The zero-order valence-corrected chi connectivity index (χ0v) is 43.4. The molecular formula is C49H60Br2N10O8S. The second kappa shape index (κ2) is 23.3. The molecule has 5 N–H and O–H groups in total. The maximum Gasteiger partial charge on any atom is 0.407 e. The van der Waals surface area contributed by atoms with Crippen molar-refractivity contribution in [1.82, 2.24) is 35.6 Å². The summed E-state index contributed by atoms with van der Waals surface area (Å²) in [6.45, 7) is 8.56. The molecule has 0 saturated carbocycles. The van der Waals surface area contributed by atoms with Gasteiger partial charge < -0.3 is 50.7 Å². The molecule has 0 radical (unpaired) electrons. The van der Waals surface area contributed by atoms with E-state index in [2.05, 4.69) is 67.4 Å². The van der Waals surface area contributed by atoms with Crippen molar-refractivity contribution in [2.45, 2.75) is 94.5 Å². The molecule has 7 rings (SSSR count). The fourth-order valence-corrected chi connectivity index (χ4v) is 10.9. The van der Waals surface area contributed by atoms with Crippen LogP contribution in [-0.2, 0) is 37.3 Å². The molecule has 374 valence electrons. The fourth-order valence-electron chi connectivity index (χ4n) is 8.65. The Morgan fingerprint density at radius 2 is 1.53 bits per heavy atom. The van der Waals surface area contributed by atoms with E-state index in [1.807, 2.05) is 36.4 Å². The first-order valence-corrected chi connectivity index (χ1v) is 26.4. The van der Waals surface area contributed by atoms with Crippen molar-refractivity contribution in [3.05, 3.63) is 111 Å². The normalized spacial score (nSPS) is 16.7. The summed E-state index contributed by atoms with van der Waals surface area (Å²) in [5.41, 5.74) is 2.67. The van der Waals surface area contributed by atoms with Gasteiger partial charge in [0.25, 0.3) is 10.0 Å². The predicted molar refractivity (Wildman–Crippen MR) is 274 cm³/mol. The van der Waals surface area contributed by atoms with Crippen molar-refractivity contribution in [2.75, 3.05) is 56.0 Å². The maximum absolute atomic E-state index is 15.0. The zero-order chi connectivity index (χ0) is 50.0. The summed E-state index contributed by atoms with van der Waals surface area (Å²) >= 11 is 6.81. The number of para-hydroxylation sites is 1. The van der Waals surface area contributed by atoms with Crippen LogP contribution in [-0.4, -0.2) is 133 Å². The van der Waals surface area contributed by atoms with E-state index in [0.717, 1.165) is 16.9 Å². The second-order valence-corrected chi connectivity index (χ2v) is 21.8. The average Bonchev–Trinajstić information content (AvgIpc) is 3.34. The molecule has 1 aromatic heterocycles. The highest BCUT2D eigenvalue weighted by molar-refractivity contribution is 9.11. The topological polar surface area (TPSA) is 218 Å². The summed E-state index contributed by atoms with van der Waals surface area (Å²) in [5, 5.41) is 22.6. The number of likely N-dealkylation sites (tertiary alicyclic amines) is 1. The number of alkyl carbamates (subject to hydrolysis) is 1. The molecule has 3 aromatic carbocycles. The number of hydrogen-bond donors (Lipinski definition) is 5. The number of hydrogen-bond acceptors (Lipinski definition) is 10. The van der Waals surface area contributed by atoms with Crippen LogP contribution in [0, 0.1) is 0 Å². The van der Waals surface area contributed by atoms with Crippen molar-refractivity contribution in [1.29, 1.82) is 0 Å². The largest absolute Gasteiger partial charge is 0.506 e. The number of piperidine rings is 1. The number of piperazine rings is 1. The van der Waals surface area contributed by atoms with Crippen molar-refractivity contribution < 1.29 is 37.4 Å². The fraction of sp³-hybridized carbons (Fsp3) is 0.429. The molecule has 2 fully saturated rings. The first-order valence-electron chi connectivity index (χ1n) is 23.4. The molecular weight excluding hydrogens is 1050 g/mol. The summed E-state index contributed by atoms with van der Waals surface area (Å²) in [6, 6.07) is 20.0. The number of ether oxygens (including phenoxy) is 1. The van der Waals surface area contributed by atoms with E-state index in [-0.39, 0.29) is 54.0 Å². The number of halogens is 2. The molecule has 0 aliphatic carbocycles. The van der Waals surface area contributed by atoms with E-state index in [1.165, 1.54) is 12.1 Å². The zero-order valence-electron chi connectivity index (χ0n) is 39.4. The molecule has 2 saturated heterocycles. The smallest absolute Gasteiger partial charge is 0.407 e. The standard InChI is InChI=1S/C49H60Br2N10O8S/c1-49(2,3)69-48(66)53-20-10-9-15-41(45(64)59-27-25-58(26-28-59)35-16-21-52-22-17-35)54-44(63)42(31-33-29-38(50)43(62)39(51)30-33)55-46(57-70(67,68)37-12-5-4-6-13-37)60-23-18-36(19-24-60)61-32-34-11-7-8-14-40(34)56-47(61)65/h4-8,11-14,16-17,21-22,29-30,36,41-42,62H,9-10,15,18-20,23-28,31-32H2,1-3H3,(H,53,66)(H,54,63)(H,55,57)(H,56,65)/t41-,42+/m0/s1. The molecule has 0 bridgehead atoms. The summed E-state index contributed by atoms with van der Waals surface area (Å²) in [6.07, 6.45) is 5.00. The van der Waals surface area contributed by atoms with Gasteiger partial charge in [-0.1, -0.05) is 36.4 Å². The van der Waals surface area contributed by atoms with Crippen LogP contribution in [0.1, 0.15) is 64.0 Å². The minimum Gasteiger partial charge on any atom is -0.506 e. The Kier molecular flexibility index (Phi) is 17.3. The number of carbonyl (C=O) groups is 4. The highest BCUT2D eigenvalue weighted by atomic mass is 79.9. The number of anilines is 2. The van der Waals surface area contributed by atoms with E-state index >= 15 is 4.79 Å². The Bertz CT molecular complexity index is 2600. The molecule has 3 aliphatic heterocycles. The number of carbonyl (C=O) groups excluding carboxylic acids is 4. The van der Waals surface area contributed by atoms with Gasteiger partial charge in [0.15, 0.2) is 0 Å². The molecule has 4 aromatic rings. The molecule has 18 nitrogen and oxygen atoms in total. The van der Waals surface area contributed by atoms with Crippen LogP contribution in [0.2, 0.25) is 0 Å². The third-order valence-corrected chi connectivity index (χ3v) is 14.8. The molecule has 2 atom stereocenters. The van der Waals surface area contributed by atoms with E-state index in [4.69, 9.17) is 4.74 Å². The van der Waals surface area contributed by atoms with Crippen LogP contribution in [0.15, 0.2) is 109 Å². The highest BCUT2D eigenvalue weighted by Crippen LogP contribution is 2.34. The van der Waals surface area contributed by atoms with Crippen molar-refractivity contribution in [3.63, 3.8) is 0 Å². The second-order valence-electron chi connectivity index (χ2n) is 18.4. The molecule has 5 amide bonds. The van der Waals surface area contributed by atoms with Gasteiger partial charge in [-0.05, 0) is 138 Å². The Morgan fingerprint density at radius 3 is 2.20 bits per heavy atom. The van der Waals surface area contributed by atoms with Gasteiger partial charge in [0.2, 0.25) is 17.8 Å². The number of nitrogens with one attached hydrogen (secondary N) is 4. The number of unbranched alkanes of at least 4 members (excludes halogenated alkanes) is 1. The number of amides is 5. The van der Waals surface area contributed by atoms with Crippen LogP contribution in [0.3, 0.4) is 0 Å². The number of urea groups is 1. The quantitative estimate of drug-likeness (QED) is 0.0484. The van der Waals surface area contributed by atoms with Crippen LogP contribution in [0.25, 0.3) is 0 Å². The number of benzene rings is 3. The maximum atomic E-state index is 15.0. The van der Waals surface area contributed by atoms with Gasteiger partial charge in [-0.25, -0.2) is 9.59 Å². The van der Waals surface area contributed by atoms with Crippen LogP contribution < -0.4 is 26.2 Å². The number of aromatic nitrogens is 1. The highest BCUT2D eigenvalue weighted by Gasteiger charge is 2.36. The lowest BCUT2D eigenvalue weighted by Gasteiger charge is -2.41. The number of guanidine groups is 1. The number of fused-ring (bicyclic) bond motifs is 1. The number of nitrogens with zero attached hydrogens (tertiary/aromatic N) is 6. The Balaban J connectivity index is 1.15. The van der Waals surface area contributed by atoms with Gasteiger partial charge >= 0.3 is 12.1 Å². The van der Waals surface area contributed by atoms with E-state index in [1.54, 1.807) is 78.2 Å². The molecule has 21 heteroatoms. The molecule has 70 heavy (non-hydrogen) atoms. The van der Waals surface area contributed by atoms with Crippen molar-refractivity contribution in [3.8, 4) is 5.75 Å². The lowest BCUT2D eigenvalue weighted by Crippen LogP contribution is -2.59. The number of phenols is 1. The van der Waals surface area contributed by atoms with Gasteiger partial charge in [0.1, 0.15) is 23.4 Å². The minimum absolute atomic E-state index is 0.0249. The van der Waals surface area contributed by atoms with Gasteiger partial charge in [0, 0.05) is 88.6 Å². The SMILES string of the molecule is CC(C)(C)OC(=O)NCCCC[C@H](NC(=O)[C@@H](Cc1cc(Br)c(O)c(Br)c1)NC(=NS(=O)(=O)c1ccccc1)N1CCC(N2Cc3ccccc3NC2=O)CC1)C(=O)N1CCN(c2ccncc2)CC1. The summed E-state index contributed by atoms with van der Waals surface area (Å²) < 4.78 is 38.6. The van der Waals surface area contributed by atoms with Crippen LogP contribution in [0.4, 0.5) is 21.0 Å². The van der Waals surface area contributed by atoms with E-state index in [0.29, 0.717) is 86.0 Å². The summed E-state index contributed by atoms with van der Waals surface area (Å²) in [4.78, 5) is 66.8. The van der Waals surface area contributed by atoms with Gasteiger partial charge in [-0.15, -0.1) is 4.40 Å². The van der Waals surface area contributed by atoms with Crippen LogP contribution >= 0.6 is 31.9 Å². The third kappa shape index (κ3) is 13.9.